The van der Waals surface area contributed by atoms with Crippen LogP contribution in [-0.4, -0.2) is 0 Å². The highest BCUT2D eigenvalue weighted by Gasteiger charge is 2.05. The van der Waals surface area contributed by atoms with E-state index in [0.29, 0.717) is 32.8 Å². The molecule has 0 unspecified atom stereocenters. The first-order valence-corrected chi connectivity index (χ1v) is 5.78. The molecule has 5 heteroatoms. The van der Waals surface area contributed by atoms with Gasteiger partial charge in [-0.25, -0.2) is 0 Å². The van der Waals surface area contributed by atoms with Crippen LogP contribution in [-0.2, 0) is 0 Å². The molecular formula is C13H8Cl2N2O. The first-order chi connectivity index (χ1) is 8.60. The smallest absolute Gasteiger partial charge is 0.150 e. The van der Waals surface area contributed by atoms with Crippen LogP contribution in [0.3, 0.4) is 0 Å². The van der Waals surface area contributed by atoms with Gasteiger partial charge in [0.2, 0.25) is 0 Å². The van der Waals surface area contributed by atoms with Crippen LogP contribution in [0, 0.1) is 11.3 Å². The van der Waals surface area contributed by atoms with Crippen LogP contribution < -0.4 is 10.5 Å². The predicted octanol–water partition coefficient (Wildman–Crippen LogP) is 4.24. The summed E-state index contributed by atoms with van der Waals surface area (Å²) in [5, 5.41) is 9.64. The average Bonchev–Trinajstić information content (AvgIpc) is 2.33. The number of anilines is 1. The van der Waals surface area contributed by atoms with E-state index in [1.54, 1.807) is 36.4 Å². The van der Waals surface area contributed by atoms with Crippen molar-refractivity contribution in [2.75, 3.05) is 5.73 Å². The topological polar surface area (TPSA) is 59.0 Å². The summed E-state index contributed by atoms with van der Waals surface area (Å²) in [5.41, 5.74) is 6.60. The molecule has 90 valence electrons. The molecule has 0 aromatic heterocycles. The summed E-state index contributed by atoms with van der Waals surface area (Å²) < 4.78 is 5.57. The van der Waals surface area contributed by atoms with Gasteiger partial charge in [-0.2, -0.15) is 5.26 Å². The Hall–Kier alpha value is -1.89. The molecule has 0 amide bonds. The van der Waals surface area contributed by atoms with Crippen LogP contribution in [0.4, 0.5) is 5.69 Å². The predicted molar refractivity (Wildman–Crippen MR) is 72.1 cm³/mol. The molecule has 0 spiro atoms. The average molecular weight is 279 g/mol. The minimum absolute atomic E-state index is 0.336. The number of hydrogen-bond acceptors (Lipinski definition) is 3. The Morgan fingerprint density at radius 1 is 1.11 bits per heavy atom. The number of hydrogen-bond donors (Lipinski definition) is 1. The summed E-state index contributed by atoms with van der Waals surface area (Å²) in [5.74, 6) is 0.994. The third-order valence-corrected chi connectivity index (χ3v) is 2.81. The molecule has 0 aliphatic carbocycles. The number of nitrogens with two attached hydrogens (primary N) is 1. The molecule has 0 radical (unpaired) electrons. The maximum absolute atomic E-state index is 8.76. The zero-order valence-corrected chi connectivity index (χ0v) is 10.7. The van der Waals surface area contributed by atoms with Crippen molar-refractivity contribution < 1.29 is 4.74 Å². The molecule has 0 heterocycles. The van der Waals surface area contributed by atoms with Gasteiger partial charge in [-0.15, -0.1) is 0 Å². The summed E-state index contributed by atoms with van der Waals surface area (Å²) in [7, 11) is 0. The summed E-state index contributed by atoms with van der Waals surface area (Å²) in [4.78, 5) is 0. The monoisotopic (exact) mass is 278 g/mol. The molecule has 0 saturated carbocycles. The van der Waals surface area contributed by atoms with Gasteiger partial charge in [-0.05, 0) is 30.3 Å². The van der Waals surface area contributed by atoms with Gasteiger partial charge in [0.1, 0.15) is 17.6 Å². The van der Waals surface area contributed by atoms with Gasteiger partial charge in [-0.3, -0.25) is 0 Å². The van der Waals surface area contributed by atoms with Crippen molar-refractivity contribution in [2.45, 2.75) is 0 Å². The number of nitrogen functional groups attached to an aromatic ring is 1. The largest absolute Gasteiger partial charge is 0.455 e. The third-order valence-electron chi connectivity index (χ3n) is 2.26. The van der Waals surface area contributed by atoms with Crippen molar-refractivity contribution in [2.24, 2.45) is 0 Å². The zero-order valence-electron chi connectivity index (χ0n) is 9.15. The maximum atomic E-state index is 8.76. The van der Waals surface area contributed by atoms with Crippen LogP contribution >= 0.6 is 23.2 Å². The van der Waals surface area contributed by atoms with Crippen molar-refractivity contribution >= 4 is 28.9 Å². The lowest BCUT2D eigenvalue weighted by Crippen LogP contribution is -1.92. The molecule has 0 aliphatic heterocycles. The lowest BCUT2D eigenvalue weighted by Gasteiger charge is -2.09. The van der Waals surface area contributed by atoms with Gasteiger partial charge in [0.05, 0.1) is 16.3 Å². The minimum Gasteiger partial charge on any atom is -0.455 e. The van der Waals surface area contributed by atoms with E-state index < -0.39 is 0 Å². The Kier molecular flexibility index (Phi) is 3.61. The van der Waals surface area contributed by atoms with Crippen LogP contribution in [0.15, 0.2) is 36.4 Å². The quantitative estimate of drug-likeness (QED) is 0.836. The van der Waals surface area contributed by atoms with E-state index >= 15 is 0 Å². The van der Waals surface area contributed by atoms with Crippen molar-refractivity contribution in [3.8, 4) is 17.6 Å². The van der Waals surface area contributed by atoms with Gasteiger partial charge in [0.15, 0.2) is 0 Å². The van der Waals surface area contributed by atoms with Crippen LogP contribution in [0.25, 0.3) is 0 Å². The van der Waals surface area contributed by atoms with Crippen LogP contribution in [0.2, 0.25) is 10.0 Å². The standard InChI is InChI=1S/C13H8Cl2N2O/c14-9-2-4-13(12(17)5-9)18-10-3-1-8(7-16)11(15)6-10/h1-6H,17H2. The number of rotatable bonds is 2. The number of nitrogens with zero attached hydrogens (tertiary/aromatic N) is 1. The SMILES string of the molecule is N#Cc1ccc(Oc2ccc(Cl)cc2N)cc1Cl. The van der Waals surface area contributed by atoms with E-state index in [0.717, 1.165) is 0 Å². The normalized spacial score (nSPS) is 9.83. The Bertz CT molecular complexity index is 635. The molecule has 2 aromatic carbocycles. The summed E-state index contributed by atoms with van der Waals surface area (Å²) in [6.07, 6.45) is 0. The molecule has 0 atom stereocenters. The number of halogens is 2. The lowest BCUT2D eigenvalue weighted by molar-refractivity contribution is 0.485. The third kappa shape index (κ3) is 2.67. The Labute approximate surface area is 114 Å². The molecule has 3 nitrogen and oxygen atoms in total. The molecule has 2 rings (SSSR count). The second-order valence-corrected chi connectivity index (χ2v) is 4.38. The molecule has 18 heavy (non-hydrogen) atoms. The highest BCUT2D eigenvalue weighted by Crippen LogP contribution is 2.31. The van der Waals surface area contributed by atoms with E-state index in [9.17, 15) is 0 Å². The van der Waals surface area contributed by atoms with Gasteiger partial charge in [-0.1, -0.05) is 23.2 Å². The van der Waals surface area contributed by atoms with Crippen molar-refractivity contribution in [3.63, 3.8) is 0 Å². The van der Waals surface area contributed by atoms with Crippen molar-refractivity contribution in [3.05, 3.63) is 52.0 Å². The first kappa shape index (κ1) is 12.6. The van der Waals surface area contributed by atoms with Gasteiger partial charge in [0, 0.05) is 11.1 Å². The van der Waals surface area contributed by atoms with Crippen molar-refractivity contribution in [1.82, 2.24) is 0 Å². The Morgan fingerprint density at radius 2 is 1.89 bits per heavy atom. The summed E-state index contributed by atoms with van der Waals surface area (Å²) in [6.45, 7) is 0. The molecule has 0 bridgehead atoms. The zero-order chi connectivity index (χ0) is 13.1. The first-order valence-electron chi connectivity index (χ1n) is 5.02. The minimum atomic E-state index is 0.336. The van der Waals surface area contributed by atoms with E-state index in [1.807, 2.05) is 6.07 Å². The summed E-state index contributed by atoms with van der Waals surface area (Å²) >= 11 is 11.7. The molecule has 2 aromatic rings. The fraction of sp³-hybridized carbons (Fsp3) is 0. The lowest BCUT2D eigenvalue weighted by atomic mass is 10.2. The van der Waals surface area contributed by atoms with Gasteiger partial charge < -0.3 is 10.5 Å². The Balaban J connectivity index is 2.29. The van der Waals surface area contributed by atoms with Gasteiger partial charge >= 0.3 is 0 Å². The van der Waals surface area contributed by atoms with Crippen molar-refractivity contribution in [1.29, 1.82) is 5.26 Å². The second-order valence-electron chi connectivity index (χ2n) is 3.54. The van der Waals surface area contributed by atoms with Crippen LogP contribution in [0.1, 0.15) is 5.56 Å². The molecular weight excluding hydrogens is 271 g/mol. The maximum Gasteiger partial charge on any atom is 0.150 e. The number of nitriles is 1. The van der Waals surface area contributed by atoms with E-state index in [4.69, 9.17) is 38.9 Å². The van der Waals surface area contributed by atoms with E-state index in [1.165, 1.54) is 0 Å². The van der Waals surface area contributed by atoms with Gasteiger partial charge in [0.25, 0.3) is 0 Å². The highest BCUT2D eigenvalue weighted by molar-refractivity contribution is 6.32. The molecule has 0 saturated heterocycles. The Morgan fingerprint density at radius 3 is 2.50 bits per heavy atom. The molecule has 0 fully saturated rings. The molecule has 0 aliphatic rings. The fourth-order valence-corrected chi connectivity index (χ4v) is 1.78. The highest BCUT2D eigenvalue weighted by atomic mass is 35.5. The molecule has 2 N–H and O–H groups in total. The fourth-order valence-electron chi connectivity index (χ4n) is 1.39. The van der Waals surface area contributed by atoms with Crippen LogP contribution in [0.5, 0.6) is 11.5 Å². The second kappa shape index (κ2) is 5.18. The number of ether oxygens (including phenoxy) is 1. The summed E-state index contributed by atoms with van der Waals surface area (Å²) in [6, 6.07) is 11.7. The van der Waals surface area contributed by atoms with E-state index in [-0.39, 0.29) is 0 Å². The number of benzene rings is 2. The van der Waals surface area contributed by atoms with E-state index in [2.05, 4.69) is 0 Å².